The normalized spacial score (nSPS) is 15.2. The summed E-state index contributed by atoms with van der Waals surface area (Å²) in [6, 6.07) is 6.18. The minimum Gasteiger partial charge on any atom is -0.371 e. The molecule has 1 fully saturated rings. The van der Waals surface area contributed by atoms with Crippen molar-refractivity contribution in [2.24, 2.45) is 5.92 Å². The largest absolute Gasteiger partial charge is 0.371 e. The van der Waals surface area contributed by atoms with Crippen LogP contribution in [-0.2, 0) is 5.33 Å². The molecular formula is C13H17BrClN. The van der Waals surface area contributed by atoms with Gasteiger partial charge >= 0.3 is 0 Å². The third-order valence-electron chi connectivity index (χ3n) is 3.13. The van der Waals surface area contributed by atoms with Gasteiger partial charge in [-0.3, -0.25) is 0 Å². The second kappa shape index (κ2) is 5.42. The molecule has 0 N–H and O–H groups in total. The molecule has 1 aliphatic carbocycles. The topological polar surface area (TPSA) is 3.24 Å². The van der Waals surface area contributed by atoms with E-state index in [0.29, 0.717) is 0 Å². The minimum atomic E-state index is 0.823. The molecule has 1 aromatic rings. The van der Waals surface area contributed by atoms with Gasteiger partial charge in [-0.1, -0.05) is 33.6 Å². The van der Waals surface area contributed by atoms with E-state index in [1.165, 1.54) is 30.6 Å². The maximum Gasteiger partial charge on any atom is 0.0467 e. The summed E-state index contributed by atoms with van der Waals surface area (Å²) in [5, 5.41) is 1.69. The van der Waals surface area contributed by atoms with Crippen LogP contribution in [-0.4, -0.2) is 13.1 Å². The summed E-state index contributed by atoms with van der Waals surface area (Å²) in [4.78, 5) is 2.44. The van der Waals surface area contributed by atoms with Crippen molar-refractivity contribution in [1.82, 2.24) is 0 Å². The lowest BCUT2D eigenvalue weighted by atomic mass is 10.1. The van der Waals surface area contributed by atoms with E-state index in [9.17, 15) is 0 Å². The summed E-state index contributed by atoms with van der Waals surface area (Å²) in [6.45, 7) is 4.44. The molecule has 0 atom stereocenters. The number of anilines is 1. The van der Waals surface area contributed by atoms with Gasteiger partial charge in [0.25, 0.3) is 0 Å². The van der Waals surface area contributed by atoms with Gasteiger partial charge in [-0.05, 0) is 37.8 Å². The molecule has 16 heavy (non-hydrogen) atoms. The molecule has 0 unspecified atom stereocenters. The quantitative estimate of drug-likeness (QED) is 0.725. The fraction of sp³-hybridized carbons (Fsp3) is 0.538. The van der Waals surface area contributed by atoms with Crippen LogP contribution in [0, 0.1) is 5.92 Å². The average Bonchev–Trinajstić information content (AvgIpc) is 3.09. The highest BCUT2D eigenvalue weighted by atomic mass is 79.9. The summed E-state index contributed by atoms with van der Waals surface area (Å²) < 4.78 is 0. The SMILES string of the molecule is CCN(CC1CC1)c1cccc(Cl)c1CBr. The van der Waals surface area contributed by atoms with Gasteiger partial charge in [0.15, 0.2) is 0 Å². The van der Waals surface area contributed by atoms with E-state index in [0.717, 1.165) is 22.8 Å². The minimum absolute atomic E-state index is 0.823. The molecule has 1 saturated carbocycles. The fourth-order valence-corrected chi connectivity index (χ4v) is 2.97. The highest BCUT2D eigenvalue weighted by molar-refractivity contribution is 9.08. The first-order valence-electron chi connectivity index (χ1n) is 5.84. The van der Waals surface area contributed by atoms with E-state index in [2.05, 4.69) is 33.8 Å². The Balaban J connectivity index is 2.24. The third kappa shape index (κ3) is 2.72. The molecule has 0 amide bonds. The Morgan fingerprint density at radius 3 is 2.75 bits per heavy atom. The van der Waals surface area contributed by atoms with Crippen LogP contribution in [0.4, 0.5) is 5.69 Å². The zero-order valence-electron chi connectivity index (χ0n) is 9.55. The number of halogens is 2. The van der Waals surface area contributed by atoms with Crippen molar-refractivity contribution in [2.75, 3.05) is 18.0 Å². The number of rotatable bonds is 5. The van der Waals surface area contributed by atoms with Crippen LogP contribution in [0.5, 0.6) is 0 Å². The first kappa shape index (κ1) is 12.3. The number of hydrogen-bond donors (Lipinski definition) is 0. The van der Waals surface area contributed by atoms with Crippen LogP contribution in [0.3, 0.4) is 0 Å². The Labute approximate surface area is 111 Å². The number of benzene rings is 1. The number of alkyl halides is 1. The van der Waals surface area contributed by atoms with Gasteiger partial charge < -0.3 is 4.90 Å². The van der Waals surface area contributed by atoms with Gasteiger partial charge in [-0.25, -0.2) is 0 Å². The van der Waals surface area contributed by atoms with Crippen molar-refractivity contribution in [3.05, 3.63) is 28.8 Å². The van der Waals surface area contributed by atoms with E-state index in [1.807, 2.05) is 12.1 Å². The molecule has 1 nitrogen and oxygen atoms in total. The van der Waals surface area contributed by atoms with Crippen molar-refractivity contribution in [1.29, 1.82) is 0 Å². The van der Waals surface area contributed by atoms with Gasteiger partial charge in [0.2, 0.25) is 0 Å². The molecule has 0 spiro atoms. The highest BCUT2D eigenvalue weighted by Crippen LogP contribution is 2.34. The molecule has 0 aliphatic heterocycles. The molecule has 0 radical (unpaired) electrons. The van der Waals surface area contributed by atoms with Crippen LogP contribution in [0.2, 0.25) is 5.02 Å². The summed E-state index contributed by atoms with van der Waals surface area (Å²) in [6.07, 6.45) is 2.78. The highest BCUT2D eigenvalue weighted by Gasteiger charge is 2.24. The molecule has 2 rings (SSSR count). The first-order valence-corrected chi connectivity index (χ1v) is 7.34. The molecule has 0 saturated heterocycles. The van der Waals surface area contributed by atoms with Gasteiger partial charge in [0.05, 0.1) is 0 Å². The Hall–Kier alpha value is -0.210. The maximum atomic E-state index is 6.23. The molecule has 1 aliphatic rings. The summed E-state index contributed by atoms with van der Waals surface area (Å²) in [5.41, 5.74) is 2.51. The first-order chi connectivity index (χ1) is 7.76. The summed E-state index contributed by atoms with van der Waals surface area (Å²) in [7, 11) is 0. The lowest BCUT2D eigenvalue weighted by Gasteiger charge is -2.25. The molecule has 88 valence electrons. The van der Waals surface area contributed by atoms with Crippen molar-refractivity contribution >= 4 is 33.2 Å². The Morgan fingerprint density at radius 2 is 2.19 bits per heavy atom. The smallest absolute Gasteiger partial charge is 0.0467 e. The van der Waals surface area contributed by atoms with Crippen LogP contribution < -0.4 is 4.90 Å². The second-order valence-corrected chi connectivity index (χ2v) is 5.32. The molecule has 0 bridgehead atoms. The van der Waals surface area contributed by atoms with Gasteiger partial charge in [0.1, 0.15) is 0 Å². The molecule has 1 aromatic carbocycles. The predicted octanol–water partition coefficient (Wildman–Crippen LogP) is 4.47. The van der Waals surface area contributed by atoms with E-state index in [1.54, 1.807) is 0 Å². The fourth-order valence-electron chi connectivity index (χ4n) is 1.99. The monoisotopic (exact) mass is 301 g/mol. The number of nitrogens with zero attached hydrogens (tertiary/aromatic N) is 1. The van der Waals surface area contributed by atoms with E-state index >= 15 is 0 Å². The van der Waals surface area contributed by atoms with Crippen LogP contribution in [0.1, 0.15) is 25.3 Å². The van der Waals surface area contributed by atoms with Crippen LogP contribution in [0.15, 0.2) is 18.2 Å². The second-order valence-electron chi connectivity index (χ2n) is 4.35. The van der Waals surface area contributed by atoms with Gasteiger partial charge in [-0.2, -0.15) is 0 Å². The van der Waals surface area contributed by atoms with Gasteiger partial charge in [-0.15, -0.1) is 0 Å². The van der Waals surface area contributed by atoms with Crippen molar-refractivity contribution < 1.29 is 0 Å². The zero-order chi connectivity index (χ0) is 11.5. The standard InChI is InChI=1S/C13H17BrClN/c1-2-16(9-10-6-7-10)13-5-3-4-12(15)11(13)8-14/h3-5,10H,2,6-9H2,1H3. The lowest BCUT2D eigenvalue weighted by molar-refractivity contribution is 0.740. The molecular weight excluding hydrogens is 286 g/mol. The zero-order valence-corrected chi connectivity index (χ0v) is 11.9. The van der Waals surface area contributed by atoms with Crippen LogP contribution >= 0.6 is 27.5 Å². The van der Waals surface area contributed by atoms with E-state index in [-0.39, 0.29) is 0 Å². The Kier molecular flexibility index (Phi) is 4.15. The third-order valence-corrected chi connectivity index (χ3v) is 4.04. The lowest BCUT2D eigenvalue weighted by Crippen LogP contribution is -2.26. The predicted molar refractivity (Wildman–Crippen MR) is 74.7 cm³/mol. The Morgan fingerprint density at radius 1 is 1.44 bits per heavy atom. The van der Waals surface area contributed by atoms with Crippen LogP contribution in [0.25, 0.3) is 0 Å². The van der Waals surface area contributed by atoms with E-state index in [4.69, 9.17) is 11.6 Å². The van der Waals surface area contributed by atoms with Crippen molar-refractivity contribution in [3.8, 4) is 0 Å². The molecule has 0 aromatic heterocycles. The van der Waals surface area contributed by atoms with Crippen molar-refractivity contribution in [3.63, 3.8) is 0 Å². The summed E-state index contributed by atoms with van der Waals surface area (Å²) in [5.74, 6) is 0.905. The molecule has 3 heteroatoms. The molecule has 0 heterocycles. The average molecular weight is 303 g/mol. The summed E-state index contributed by atoms with van der Waals surface area (Å²) >= 11 is 9.75. The van der Waals surface area contributed by atoms with E-state index < -0.39 is 0 Å². The number of hydrogen-bond acceptors (Lipinski definition) is 1. The maximum absolute atomic E-state index is 6.23. The Bertz CT molecular complexity index is 363. The van der Waals surface area contributed by atoms with Crippen molar-refractivity contribution in [2.45, 2.75) is 25.1 Å². The van der Waals surface area contributed by atoms with Gasteiger partial charge in [0, 0.05) is 34.7 Å².